The highest BCUT2D eigenvalue weighted by atomic mass is 35.5. The second kappa shape index (κ2) is 10.7. The second-order valence-corrected chi connectivity index (χ2v) is 10.9. The van der Waals surface area contributed by atoms with Crippen molar-refractivity contribution in [1.29, 1.82) is 0 Å². The number of ether oxygens (including phenoxy) is 1. The van der Waals surface area contributed by atoms with Crippen LogP contribution >= 0.6 is 35.6 Å². The van der Waals surface area contributed by atoms with Crippen molar-refractivity contribution in [3.05, 3.63) is 113 Å². The van der Waals surface area contributed by atoms with Crippen LogP contribution in [0.1, 0.15) is 11.6 Å². The van der Waals surface area contributed by atoms with Gasteiger partial charge in [-0.15, -0.1) is 0 Å². The third-order valence-corrected chi connectivity index (χ3v) is 8.06. The number of thiocarbonyl (C=S) groups is 1. The summed E-state index contributed by atoms with van der Waals surface area (Å²) in [5.41, 5.74) is 4.96. The predicted octanol–water partition coefficient (Wildman–Crippen LogP) is 5.25. The molecule has 0 spiro atoms. The van der Waals surface area contributed by atoms with Crippen LogP contribution in [0.4, 0.5) is 5.69 Å². The van der Waals surface area contributed by atoms with Crippen LogP contribution in [-0.4, -0.2) is 37.6 Å². The fourth-order valence-corrected chi connectivity index (χ4v) is 5.97. The Labute approximate surface area is 239 Å². The van der Waals surface area contributed by atoms with Crippen LogP contribution in [0.2, 0.25) is 5.02 Å². The summed E-state index contributed by atoms with van der Waals surface area (Å²) in [5, 5.41) is 18.6. The molecule has 2 aliphatic rings. The van der Waals surface area contributed by atoms with Gasteiger partial charge in [-0.25, -0.2) is 0 Å². The number of thioether (sulfide) groups is 1. The van der Waals surface area contributed by atoms with Gasteiger partial charge in [0.05, 0.1) is 29.1 Å². The van der Waals surface area contributed by atoms with Gasteiger partial charge in [0.25, 0.3) is 5.91 Å². The van der Waals surface area contributed by atoms with E-state index >= 15 is 0 Å². The first-order valence-corrected chi connectivity index (χ1v) is 13.7. The van der Waals surface area contributed by atoms with Crippen molar-refractivity contribution in [3.8, 4) is 11.5 Å². The van der Waals surface area contributed by atoms with Gasteiger partial charge in [-0.1, -0.05) is 47.6 Å². The molecule has 1 amide bonds. The minimum absolute atomic E-state index is 0.114. The number of rotatable bonds is 6. The number of anilines is 1. The Morgan fingerprint density at radius 2 is 1.72 bits per heavy atom. The Morgan fingerprint density at radius 3 is 2.46 bits per heavy atom. The molecule has 39 heavy (non-hydrogen) atoms. The number of aliphatic hydroxyl groups excluding tert-OH is 1. The van der Waals surface area contributed by atoms with E-state index in [2.05, 4.69) is 15.8 Å². The normalized spacial score (nSPS) is 21.4. The van der Waals surface area contributed by atoms with Crippen molar-refractivity contribution in [2.45, 2.75) is 22.4 Å². The molecule has 1 fully saturated rings. The fourth-order valence-electron chi connectivity index (χ4n) is 4.44. The molecule has 8 nitrogen and oxygen atoms in total. The highest BCUT2D eigenvalue weighted by Gasteiger charge is 2.39. The van der Waals surface area contributed by atoms with Crippen LogP contribution in [0.5, 0.6) is 11.5 Å². The summed E-state index contributed by atoms with van der Waals surface area (Å²) >= 11 is 13.1. The highest BCUT2D eigenvalue weighted by Crippen LogP contribution is 2.39. The van der Waals surface area contributed by atoms with Crippen LogP contribution in [0.3, 0.4) is 0 Å². The number of carbonyl (C=O) groups is 1. The molecule has 3 atom stereocenters. The van der Waals surface area contributed by atoms with Gasteiger partial charge >= 0.3 is 0 Å². The molecule has 1 aromatic heterocycles. The molecule has 4 aromatic rings. The van der Waals surface area contributed by atoms with E-state index in [9.17, 15) is 9.90 Å². The van der Waals surface area contributed by atoms with Crippen molar-refractivity contribution < 1.29 is 14.6 Å². The van der Waals surface area contributed by atoms with Crippen LogP contribution in [0, 0.1) is 0 Å². The molecule has 6 rings (SSSR count). The van der Waals surface area contributed by atoms with Crippen LogP contribution in [-0.2, 0) is 4.79 Å². The van der Waals surface area contributed by atoms with E-state index in [0.717, 1.165) is 10.6 Å². The molecule has 0 bridgehead atoms. The molecule has 0 saturated carbocycles. The minimum Gasteiger partial charge on any atom is -0.457 e. The van der Waals surface area contributed by atoms with Gasteiger partial charge in [-0.2, -0.15) is 9.89 Å². The summed E-state index contributed by atoms with van der Waals surface area (Å²) in [4.78, 5) is 17.8. The van der Waals surface area contributed by atoms with E-state index in [4.69, 9.17) is 28.6 Å². The van der Waals surface area contributed by atoms with Crippen molar-refractivity contribution in [2.75, 3.05) is 10.3 Å². The van der Waals surface area contributed by atoms with Gasteiger partial charge in [0.15, 0.2) is 11.3 Å². The number of halogens is 1. The number of amides is 1. The third kappa shape index (κ3) is 5.24. The van der Waals surface area contributed by atoms with Gasteiger partial charge in [0.2, 0.25) is 0 Å². The zero-order valence-electron chi connectivity index (χ0n) is 20.3. The second-order valence-electron chi connectivity index (χ2n) is 8.84. The van der Waals surface area contributed by atoms with Crippen molar-refractivity contribution >= 4 is 52.3 Å². The van der Waals surface area contributed by atoms with Crippen molar-refractivity contribution in [2.24, 2.45) is 0 Å². The molecule has 0 radical (unpaired) electrons. The molecule has 3 heterocycles. The lowest BCUT2D eigenvalue weighted by molar-refractivity contribution is -0.115. The number of aliphatic hydroxyl groups is 1. The Morgan fingerprint density at radius 1 is 1.00 bits per heavy atom. The minimum atomic E-state index is -1.25. The Balaban J connectivity index is 1.27. The molecular formula is C28H22ClN5O3S2. The molecular weight excluding hydrogens is 554 g/mol. The lowest BCUT2D eigenvalue weighted by atomic mass is 10.00. The van der Waals surface area contributed by atoms with E-state index in [0.29, 0.717) is 22.2 Å². The van der Waals surface area contributed by atoms with Gasteiger partial charge in [-0.05, 0) is 78.9 Å². The molecule has 2 aliphatic heterocycles. The first kappa shape index (κ1) is 25.4. The molecule has 3 N–H and O–H groups in total. The molecule has 1 saturated heterocycles. The lowest BCUT2D eigenvalue weighted by Crippen LogP contribution is -2.56. The van der Waals surface area contributed by atoms with Crippen LogP contribution in [0.25, 0.3) is 0 Å². The average Bonchev–Trinajstić information content (AvgIpc) is 3.51. The quantitative estimate of drug-likeness (QED) is 0.212. The first-order valence-electron chi connectivity index (χ1n) is 12.1. The maximum absolute atomic E-state index is 13.7. The lowest BCUT2D eigenvalue weighted by Gasteiger charge is -2.33. The molecule has 3 aromatic carbocycles. The summed E-state index contributed by atoms with van der Waals surface area (Å²) in [6.07, 6.45) is 2.22. The number of hydrogen-bond donors (Lipinski definition) is 3. The van der Waals surface area contributed by atoms with Crippen LogP contribution in [0.15, 0.2) is 108 Å². The van der Waals surface area contributed by atoms with Crippen LogP contribution < -0.4 is 20.4 Å². The monoisotopic (exact) mass is 575 g/mol. The number of fused-ring (bicyclic) bond motifs is 1. The number of nitrogens with zero attached hydrogens (tertiary/aromatic N) is 3. The maximum atomic E-state index is 13.7. The number of nitrogens with one attached hydrogen (secondary N) is 2. The number of carbonyl (C=O) groups excluding carboxylic acids is 1. The molecule has 3 unspecified atom stereocenters. The summed E-state index contributed by atoms with van der Waals surface area (Å²) < 4.78 is 5.87. The summed E-state index contributed by atoms with van der Waals surface area (Å²) in [5.74, 6) is 0.659. The topological polar surface area (TPSA) is 91.7 Å². The Bertz CT molecular complexity index is 1540. The highest BCUT2D eigenvalue weighted by molar-refractivity contribution is 8.00. The fraction of sp³-hybridized carbons (Fsp3) is 0.107. The predicted molar refractivity (Wildman–Crippen MR) is 156 cm³/mol. The third-order valence-electron chi connectivity index (χ3n) is 6.31. The maximum Gasteiger partial charge on any atom is 0.264 e. The van der Waals surface area contributed by atoms with Gasteiger partial charge < -0.3 is 15.2 Å². The first-order chi connectivity index (χ1) is 19.0. The summed E-state index contributed by atoms with van der Waals surface area (Å²) in [6.45, 7) is 0. The number of benzene rings is 3. The molecule has 0 aliphatic carbocycles. The summed E-state index contributed by atoms with van der Waals surface area (Å²) in [6, 6.07) is 25.9. The molecule has 196 valence electrons. The molecule has 11 heteroatoms. The van der Waals surface area contributed by atoms with Crippen molar-refractivity contribution in [1.82, 2.24) is 15.2 Å². The average molecular weight is 576 g/mol. The smallest absolute Gasteiger partial charge is 0.264 e. The van der Waals surface area contributed by atoms with E-state index < -0.39 is 12.1 Å². The van der Waals surface area contributed by atoms with E-state index in [1.165, 1.54) is 4.90 Å². The number of aromatic nitrogens is 2. The van der Waals surface area contributed by atoms with Gasteiger partial charge in [0.1, 0.15) is 16.9 Å². The zero-order chi connectivity index (χ0) is 26.9. The number of para-hydroxylation sites is 1. The Kier molecular flexibility index (Phi) is 7.01. The van der Waals surface area contributed by atoms with E-state index in [-0.39, 0.29) is 22.0 Å². The Hall–Kier alpha value is -3.83. The SMILES string of the molecule is O=C1C(=CC2c3ccnn3NC2Sc2ccc(Cl)cc2)C(O)NC(=S)N1c1ccc(Oc2ccccc2)cc1. The number of hydrogen-bond acceptors (Lipinski definition) is 7. The summed E-state index contributed by atoms with van der Waals surface area (Å²) in [7, 11) is 0. The van der Waals surface area contributed by atoms with Gasteiger partial charge in [-0.3, -0.25) is 15.1 Å². The standard InChI is InChI=1S/C28H22ClN5O3S2/c29-17-6-12-21(13-7-17)39-26-22(24-14-15-30-34(24)32-26)16-23-25(35)31-28(38)33(27(23)36)18-8-10-20(11-9-18)37-19-4-2-1-3-5-19/h1-16,22,25-26,32,35H,(H,31,38). The van der Waals surface area contributed by atoms with Crippen molar-refractivity contribution in [3.63, 3.8) is 0 Å². The van der Waals surface area contributed by atoms with E-state index in [1.54, 1.807) is 53.1 Å². The largest absolute Gasteiger partial charge is 0.457 e. The zero-order valence-corrected chi connectivity index (χ0v) is 22.7. The van der Waals surface area contributed by atoms with E-state index in [1.807, 2.05) is 60.7 Å². The van der Waals surface area contributed by atoms with Gasteiger partial charge in [0, 0.05) is 9.92 Å².